The van der Waals surface area contributed by atoms with Gasteiger partial charge in [-0.1, -0.05) is 6.92 Å². The Bertz CT molecular complexity index is 560. The van der Waals surface area contributed by atoms with Crippen LogP contribution in [0.5, 0.6) is 0 Å². The van der Waals surface area contributed by atoms with E-state index < -0.39 is 6.10 Å². The summed E-state index contributed by atoms with van der Waals surface area (Å²) < 4.78 is 8.28. The summed E-state index contributed by atoms with van der Waals surface area (Å²) in [4.78, 5) is 0. The van der Waals surface area contributed by atoms with Crippen molar-refractivity contribution in [2.24, 2.45) is 0 Å². The molecule has 0 amide bonds. The van der Waals surface area contributed by atoms with Gasteiger partial charge in [-0.05, 0) is 47.8 Å². The molecule has 0 fully saturated rings. The highest BCUT2D eigenvalue weighted by molar-refractivity contribution is 9.10. The van der Waals surface area contributed by atoms with Crippen molar-refractivity contribution >= 4 is 15.9 Å². The molecule has 2 aromatic heterocycles. The Morgan fingerprint density at radius 1 is 1.47 bits per heavy atom. The number of aliphatic hydroxyl groups excluding tert-OH is 1. The molecule has 1 atom stereocenters. The van der Waals surface area contributed by atoms with Crippen LogP contribution in [0.4, 0.5) is 0 Å². The first-order chi connectivity index (χ1) is 9.08. The van der Waals surface area contributed by atoms with Crippen molar-refractivity contribution in [3.8, 4) is 0 Å². The molecule has 2 aromatic rings. The second-order valence-corrected chi connectivity index (χ2v) is 5.36. The molecule has 0 aromatic carbocycles. The third-order valence-electron chi connectivity index (χ3n) is 3.29. The van der Waals surface area contributed by atoms with Crippen LogP contribution in [0.1, 0.15) is 42.7 Å². The molecule has 0 bridgehead atoms. The first kappa shape index (κ1) is 14.3. The Hall–Kier alpha value is -1.07. The van der Waals surface area contributed by atoms with Crippen molar-refractivity contribution in [2.45, 2.75) is 46.3 Å². The van der Waals surface area contributed by atoms with E-state index in [1.165, 1.54) is 0 Å². The predicted molar refractivity (Wildman–Crippen MR) is 77.1 cm³/mol. The molecule has 0 spiro atoms. The summed E-state index contributed by atoms with van der Waals surface area (Å²) in [6, 6.07) is 1.86. The summed E-state index contributed by atoms with van der Waals surface area (Å²) in [7, 11) is 0. The van der Waals surface area contributed by atoms with Crippen molar-refractivity contribution in [1.82, 2.24) is 9.78 Å². The molecule has 4 nitrogen and oxygen atoms in total. The Morgan fingerprint density at radius 2 is 2.21 bits per heavy atom. The molecule has 1 N–H and O–H groups in total. The number of aromatic nitrogens is 2. The van der Waals surface area contributed by atoms with E-state index in [0.29, 0.717) is 12.2 Å². The maximum Gasteiger partial charge on any atom is 0.135 e. The Balaban J connectivity index is 2.28. The number of aryl methyl sites for hydroxylation is 3. The van der Waals surface area contributed by atoms with Gasteiger partial charge in [0.15, 0.2) is 0 Å². The van der Waals surface area contributed by atoms with E-state index in [9.17, 15) is 5.11 Å². The Morgan fingerprint density at radius 3 is 2.74 bits per heavy atom. The van der Waals surface area contributed by atoms with Gasteiger partial charge in [-0.15, -0.1) is 0 Å². The summed E-state index contributed by atoms with van der Waals surface area (Å²) in [5.41, 5.74) is 3.02. The van der Waals surface area contributed by atoms with Gasteiger partial charge in [0.25, 0.3) is 0 Å². The van der Waals surface area contributed by atoms with Gasteiger partial charge in [-0.2, -0.15) is 5.10 Å². The number of furan rings is 1. The van der Waals surface area contributed by atoms with Gasteiger partial charge in [-0.25, -0.2) is 0 Å². The van der Waals surface area contributed by atoms with Gasteiger partial charge in [-0.3, -0.25) is 4.68 Å². The fourth-order valence-electron chi connectivity index (χ4n) is 2.21. The normalized spacial score (nSPS) is 12.9. The maximum absolute atomic E-state index is 10.3. The molecular formula is C14H19BrN2O2. The van der Waals surface area contributed by atoms with E-state index in [-0.39, 0.29) is 0 Å². The second kappa shape index (κ2) is 5.92. The maximum atomic E-state index is 10.3. The van der Waals surface area contributed by atoms with Gasteiger partial charge >= 0.3 is 0 Å². The molecule has 2 heterocycles. The molecule has 1 unspecified atom stereocenters. The van der Waals surface area contributed by atoms with Crippen molar-refractivity contribution in [3.63, 3.8) is 0 Å². The minimum absolute atomic E-state index is 0.496. The monoisotopic (exact) mass is 326 g/mol. The second-order valence-electron chi connectivity index (χ2n) is 4.56. The minimum Gasteiger partial charge on any atom is -0.466 e. The number of nitrogens with zero attached hydrogens (tertiary/aromatic N) is 2. The fraction of sp³-hybridized carbons (Fsp3) is 0.500. The molecule has 0 saturated carbocycles. The molecule has 0 aliphatic heterocycles. The van der Waals surface area contributed by atoms with Crippen LogP contribution in [0.3, 0.4) is 0 Å². The molecule has 0 radical (unpaired) electrons. The summed E-state index contributed by atoms with van der Waals surface area (Å²) in [5.74, 6) is 0.633. The lowest BCUT2D eigenvalue weighted by atomic mass is 10.1. The summed E-state index contributed by atoms with van der Waals surface area (Å²) >= 11 is 3.59. The van der Waals surface area contributed by atoms with Crippen molar-refractivity contribution < 1.29 is 9.52 Å². The van der Waals surface area contributed by atoms with Crippen LogP contribution in [0.15, 0.2) is 21.2 Å². The number of aliphatic hydroxyl groups is 1. The van der Waals surface area contributed by atoms with E-state index in [0.717, 1.165) is 34.4 Å². The zero-order valence-corrected chi connectivity index (χ0v) is 13.1. The summed E-state index contributed by atoms with van der Waals surface area (Å²) in [6.07, 6.45) is 2.34. The topological polar surface area (TPSA) is 51.2 Å². The van der Waals surface area contributed by atoms with Crippen LogP contribution in [-0.4, -0.2) is 14.9 Å². The lowest BCUT2D eigenvalue weighted by Crippen LogP contribution is -2.09. The molecule has 104 valence electrons. The highest BCUT2D eigenvalue weighted by atomic mass is 79.9. The summed E-state index contributed by atoms with van der Waals surface area (Å²) in [6.45, 7) is 6.85. The molecule has 5 heteroatoms. The van der Waals surface area contributed by atoms with Gasteiger partial charge in [0.05, 0.1) is 22.1 Å². The van der Waals surface area contributed by atoms with E-state index in [1.54, 1.807) is 6.26 Å². The lowest BCUT2D eigenvalue weighted by molar-refractivity contribution is 0.146. The largest absolute Gasteiger partial charge is 0.466 e. The van der Waals surface area contributed by atoms with E-state index in [2.05, 4.69) is 28.0 Å². The first-order valence-electron chi connectivity index (χ1n) is 6.54. The van der Waals surface area contributed by atoms with Crippen molar-refractivity contribution in [2.75, 3.05) is 0 Å². The summed E-state index contributed by atoms with van der Waals surface area (Å²) in [5, 5.41) is 14.8. The number of halogens is 1. The van der Waals surface area contributed by atoms with Gasteiger partial charge in [0.1, 0.15) is 11.9 Å². The van der Waals surface area contributed by atoms with E-state index in [1.807, 2.05) is 24.6 Å². The molecule has 0 aliphatic rings. The zero-order chi connectivity index (χ0) is 14.0. The van der Waals surface area contributed by atoms with E-state index in [4.69, 9.17) is 4.42 Å². The van der Waals surface area contributed by atoms with E-state index >= 15 is 0 Å². The minimum atomic E-state index is -0.641. The van der Waals surface area contributed by atoms with Crippen LogP contribution >= 0.6 is 15.9 Å². The highest BCUT2D eigenvalue weighted by Crippen LogP contribution is 2.28. The number of rotatable bonds is 5. The van der Waals surface area contributed by atoms with Gasteiger partial charge in [0.2, 0.25) is 0 Å². The van der Waals surface area contributed by atoms with Crippen LogP contribution in [0, 0.1) is 6.92 Å². The predicted octanol–water partition coefficient (Wildman–Crippen LogP) is 3.41. The molecule has 0 aliphatic carbocycles. The Labute approximate surface area is 121 Å². The van der Waals surface area contributed by atoms with Crippen LogP contribution in [0.2, 0.25) is 0 Å². The molecule has 19 heavy (non-hydrogen) atoms. The highest BCUT2D eigenvalue weighted by Gasteiger charge is 2.21. The lowest BCUT2D eigenvalue weighted by Gasteiger charge is -2.11. The first-order valence-corrected chi connectivity index (χ1v) is 7.33. The third-order valence-corrected chi connectivity index (χ3v) is 4.20. The average Bonchev–Trinajstić information content (AvgIpc) is 2.95. The van der Waals surface area contributed by atoms with Crippen LogP contribution < -0.4 is 0 Å². The standard InChI is InChI=1S/C14H19BrN2O2/c1-4-10-13(15)11(17(5-2)16-10)8-12(18)14-9(3)6-7-19-14/h6-7,12,18H,4-5,8H2,1-3H3. The third kappa shape index (κ3) is 2.77. The smallest absolute Gasteiger partial charge is 0.135 e. The van der Waals surface area contributed by atoms with Crippen LogP contribution in [-0.2, 0) is 19.4 Å². The zero-order valence-electron chi connectivity index (χ0n) is 11.5. The fourth-order valence-corrected chi connectivity index (χ4v) is 2.94. The molecule has 2 rings (SSSR count). The number of hydrogen-bond donors (Lipinski definition) is 1. The number of hydrogen-bond acceptors (Lipinski definition) is 3. The van der Waals surface area contributed by atoms with Gasteiger partial charge < -0.3 is 9.52 Å². The van der Waals surface area contributed by atoms with Crippen molar-refractivity contribution in [3.05, 3.63) is 39.5 Å². The van der Waals surface area contributed by atoms with Crippen molar-refractivity contribution in [1.29, 1.82) is 0 Å². The van der Waals surface area contributed by atoms with Gasteiger partial charge in [0, 0.05) is 13.0 Å². The average molecular weight is 327 g/mol. The quantitative estimate of drug-likeness (QED) is 0.916. The SMILES string of the molecule is CCc1nn(CC)c(CC(O)c2occc2C)c1Br. The van der Waals surface area contributed by atoms with Crippen LogP contribution in [0.25, 0.3) is 0 Å². The molecular weight excluding hydrogens is 308 g/mol. The Kier molecular flexibility index (Phi) is 4.47. The molecule has 0 saturated heterocycles.